The molecule has 2 aromatic carbocycles. The van der Waals surface area contributed by atoms with Crippen molar-refractivity contribution in [1.29, 1.82) is 0 Å². The maximum Gasteiger partial charge on any atom is 0.416 e. The van der Waals surface area contributed by atoms with E-state index in [4.69, 9.17) is 0 Å². The normalized spacial score (nSPS) is 14.4. The molecule has 0 unspecified atom stereocenters. The summed E-state index contributed by atoms with van der Waals surface area (Å²) in [6.45, 7) is 10.6. The number of H-pyrrole nitrogens is 1. The van der Waals surface area contributed by atoms with Gasteiger partial charge in [0.15, 0.2) is 9.84 Å². The highest BCUT2D eigenvalue weighted by atomic mass is 32.2. The van der Waals surface area contributed by atoms with Crippen molar-refractivity contribution in [2.75, 3.05) is 31.5 Å². The summed E-state index contributed by atoms with van der Waals surface area (Å²) in [5.74, 6) is -1.33. The molecule has 0 saturated heterocycles. The van der Waals surface area contributed by atoms with Crippen molar-refractivity contribution in [1.82, 2.24) is 15.2 Å². The molecule has 0 aliphatic carbocycles. The molecule has 3 aromatic rings. The minimum Gasteiger partial charge on any atom is -0.358 e. The number of likely N-dealkylation sites (N-methyl/N-ethyl adjacent to an activating group) is 1. The highest BCUT2D eigenvalue weighted by molar-refractivity contribution is 7.90. The number of fused-ring (bicyclic) bond motifs is 1. The summed E-state index contributed by atoms with van der Waals surface area (Å²) in [6.07, 6.45) is -3.03. The average Bonchev–Trinajstić information content (AvgIpc) is 3.39. The van der Waals surface area contributed by atoms with E-state index in [0.717, 1.165) is 25.2 Å². The zero-order chi connectivity index (χ0) is 30.8. The Hall–Kier alpha value is -3.90. The van der Waals surface area contributed by atoms with Crippen LogP contribution in [-0.4, -0.2) is 56.3 Å². The predicted octanol–water partition coefficient (Wildman–Crippen LogP) is 5.19. The van der Waals surface area contributed by atoms with E-state index in [1.54, 1.807) is 19.9 Å². The van der Waals surface area contributed by atoms with E-state index in [-0.39, 0.29) is 21.9 Å². The summed E-state index contributed by atoms with van der Waals surface area (Å²) in [7, 11) is -4.05. The molecule has 3 N–H and O–H groups in total. The van der Waals surface area contributed by atoms with E-state index in [1.165, 1.54) is 30.3 Å². The summed E-state index contributed by atoms with van der Waals surface area (Å²) < 4.78 is 65.8. The van der Waals surface area contributed by atoms with Crippen molar-refractivity contribution in [2.24, 2.45) is 0 Å². The van der Waals surface area contributed by atoms with Crippen LogP contribution in [0.25, 0.3) is 11.6 Å². The van der Waals surface area contributed by atoms with Gasteiger partial charge in [-0.2, -0.15) is 13.2 Å². The molecular formula is C30H33F3N4O4S. The van der Waals surface area contributed by atoms with Crippen molar-refractivity contribution in [3.05, 3.63) is 81.7 Å². The van der Waals surface area contributed by atoms with Crippen molar-refractivity contribution in [3.63, 3.8) is 0 Å². The second-order valence-corrected chi connectivity index (χ2v) is 12.1. The molecule has 8 nitrogen and oxygen atoms in total. The van der Waals surface area contributed by atoms with Crippen LogP contribution in [0.2, 0.25) is 0 Å². The number of carbonyl (C=O) groups is 2. The molecule has 0 saturated carbocycles. The number of aromatic nitrogens is 1. The first-order valence-corrected chi connectivity index (χ1v) is 15.2. The number of benzene rings is 2. The van der Waals surface area contributed by atoms with Crippen LogP contribution in [0.5, 0.6) is 0 Å². The number of amides is 2. The molecule has 12 heteroatoms. The Balaban J connectivity index is 1.61. The van der Waals surface area contributed by atoms with Crippen LogP contribution in [0.3, 0.4) is 0 Å². The van der Waals surface area contributed by atoms with Gasteiger partial charge in [0.05, 0.1) is 27.3 Å². The first kappa shape index (κ1) is 31.0. The van der Waals surface area contributed by atoms with Crippen LogP contribution >= 0.6 is 0 Å². The molecule has 1 aromatic heterocycles. The van der Waals surface area contributed by atoms with E-state index in [2.05, 4.69) is 34.4 Å². The van der Waals surface area contributed by atoms with Crippen molar-refractivity contribution < 1.29 is 31.2 Å². The lowest BCUT2D eigenvalue weighted by atomic mass is 10.0. The van der Waals surface area contributed by atoms with Gasteiger partial charge < -0.3 is 20.5 Å². The van der Waals surface area contributed by atoms with Gasteiger partial charge in [0.2, 0.25) is 0 Å². The fraction of sp³-hybridized carbons (Fsp3) is 0.333. The highest BCUT2D eigenvalue weighted by Gasteiger charge is 2.31. The number of anilines is 1. The van der Waals surface area contributed by atoms with E-state index in [1.807, 2.05) is 0 Å². The number of nitrogens with zero attached hydrogens (tertiary/aromatic N) is 1. The van der Waals surface area contributed by atoms with Crippen LogP contribution < -0.4 is 10.6 Å². The zero-order valence-corrected chi connectivity index (χ0v) is 24.6. The molecule has 1 aliphatic heterocycles. The molecule has 0 spiro atoms. The minimum atomic E-state index is -4.60. The first-order valence-electron chi connectivity index (χ1n) is 13.5. The Morgan fingerprint density at radius 2 is 1.79 bits per heavy atom. The summed E-state index contributed by atoms with van der Waals surface area (Å²) in [5.41, 5.74) is 2.24. The number of rotatable bonds is 10. The number of aromatic amines is 1. The smallest absolute Gasteiger partial charge is 0.358 e. The van der Waals surface area contributed by atoms with Gasteiger partial charge in [0.25, 0.3) is 11.8 Å². The highest BCUT2D eigenvalue weighted by Crippen LogP contribution is 2.36. The monoisotopic (exact) mass is 602 g/mol. The quantitative estimate of drug-likeness (QED) is 0.277. The second-order valence-electron chi connectivity index (χ2n) is 10.1. The zero-order valence-electron chi connectivity index (χ0n) is 23.8. The Bertz CT molecular complexity index is 1660. The fourth-order valence-corrected chi connectivity index (χ4v) is 6.36. The van der Waals surface area contributed by atoms with E-state index in [9.17, 15) is 31.2 Å². The second kappa shape index (κ2) is 12.1. The van der Waals surface area contributed by atoms with Crippen LogP contribution in [0.15, 0.2) is 47.4 Å². The van der Waals surface area contributed by atoms with Crippen LogP contribution in [0.4, 0.5) is 18.9 Å². The maximum atomic E-state index is 13.2. The summed E-state index contributed by atoms with van der Waals surface area (Å²) in [6, 6.07) is 8.29. The number of hydrogen-bond donors (Lipinski definition) is 3. The van der Waals surface area contributed by atoms with Gasteiger partial charge in [-0.05, 0) is 68.4 Å². The molecule has 2 heterocycles. The largest absolute Gasteiger partial charge is 0.416 e. The van der Waals surface area contributed by atoms with Crippen molar-refractivity contribution in [3.8, 4) is 0 Å². The third kappa shape index (κ3) is 6.60. The minimum absolute atomic E-state index is 0.00400. The number of hydrogen-bond acceptors (Lipinski definition) is 5. The predicted molar refractivity (Wildman–Crippen MR) is 156 cm³/mol. The number of carbonyl (C=O) groups excluding carboxylic acids is 2. The lowest BCUT2D eigenvalue weighted by Gasteiger charge is -2.18. The Morgan fingerprint density at radius 1 is 1.07 bits per heavy atom. The van der Waals surface area contributed by atoms with Gasteiger partial charge in [-0.1, -0.05) is 32.0 Å². The van der Waals surface area contributed by atoms with Gasteiger partial charge in [-0.25, -0.2) is 8.42 Å². The number of sulfone groups is 1. The van der Waals surface area contributed by atoms with Gasteiger partial charge in [-0.3, -0.25) is 9.59 Å². The van der Waals surface area contributed by atoms with Crippen LogP contribution in [0, 0.1) is 13.8 Å². The maximum absolute atomic E-state index is 13.2. The Morgan fingerprint density at radius 3 is 2.45 bits per heavy atom. The molecular weight excluding hydrogens is 569 g/mol. The average molecular weight is 603 g/mol. The fourth-order valence-electron chi connectivity index (χ4n) is 5.00. The molecule has 2 amide bonds. The molecule has 0 atom stereocenters. The molecule has 0 bridgehead atoms. The van der Waals surface area contributed by atoms with Crippen molar-refractivity contribution >= 4 is 39.0 Å². The molecule has 0 fully saturated rings. The molecule has 1 aliphatic rings. The Labute approximate surface area is 242 Å². The van der Waals surface area contributed by atoms with Gasteiger partial charge in [-0.15, -0.1) is 0 Å². The standard InChI is InChI=1S/C30H33F3N4O4S/c1-5-37(6-2)13-12-34-29(39)27-18(3)26(35-19(27)4)16-24-23-15-22(10-11-25(23)36-28(24)38)42(40,41)17-20-8-7-9-21(14-20)30(31,32)33/h7-11,14-16,35H,5-6,12-13,17H2,1-4H3,(H,34,39)(H,36,38). The molecule has 4 rings (SSSR count). The third-order valence-corrected chi connectivity index (χ3v) is 9.03. The van der Waals surface area contributed by atoms with E-state index < -0.39 is 33.2 Å². The number of nitrogens with one attached hydrogen (secondary N) is 3. The molecule has 0 radical (unpaired) electrons. The topological polar surface area (TPSA) is 111 Å². The van der Waals surface area contributed by atoms with Crippen LogP contribution in [0.1, 0.15) is 57.8 Å². The van der Waals surface area contributed by atoms with Gasteiger partial charge in [0, 0.05) is 35.7 Å². The van der Waals surface area contributed by atoms with E-state index >= 15 is 0 Å². The summed E-state index contributed by atoms with van der Waals surface area (Å²) in [5, 5.41) is 5.65. The molecule has 224 valence electrons. The number of halogens is 3. The molecule has 42 heavy (non-hydrogen) atoms. The SMILES string of the molecule is CCN(CC)CCNC(=O)c1c(C)[nH]c(C=C2C(=O)Nc3ccc(S(=O)(=O)Cc4cccc(C(F)(F)F)c4)cc32)c1C. The van der Waals surface area contributed by atoms with Gasteiger partial charge in [0.1, 0.15) is 0 Å². The summed E-state index contributed by atoms with van der Waals surface area (Å²) >= 11 is 0. The summed E-state index contributed by atoms with van der Waals surface area (Å²) in [4.78, 5) is 31.1. The van der Waals surface area contributed by atoms with Crippen molar-refractivity contribution in [2.45, 2.75) is 44.5 Å². The van der Waals surface area contributed by atoms with E-state index in [0.29, 0.717) is 46.9 Å². The number of aryl methyl sites for hydroxylation is 1. The number of alkyl halides is 3. The Kier molecular flexibility index (Phi) is 8.98. The lowest BCUT2D eigenvalue weighted by molar-refractivity contribution is -0.137. The lowest BCUT2D eigenvalue weighted by Crippen LogP contribution is -2.35. The van der Waals surface area contributed by atoms with Crippen LogP contribution in [-0.2, 0) is 26.6 Å². The third-order valence-electron chi connectivity index (χ3n) is 7.34. The van der Waals surface area contributed by atoms with Gasteiger partial charge >= 0.3 is 6.18 Å². The first-order chi connectivity index (χ1) is 19.7.